The minimum Gasteiger partial charge on any atom is -0.458 e. The van der Waals surface area contributed by atoms with Gasteiger partial charge in [-0.15, -0.1) is 0 Å². The molecule has 0 amide bonds. The molecule has 3 atom stereocenters. The molecule has 0 radical (unpaired) electrons. The number of esters is 1. The van der Waals surface area contributed by atoms with Crippen LogP contribution in [-0.4, -0.2) is 34.5 Å². The summed E-state index contributed by atoms with van der Waals surface area (Å²) in [7, 11) is 0. The summed E-state index contributed by atoms with van der Waals surface area (Å²) in [6.07, 6.45) is -2.98. The third-order valence-electron chi connectivity index (χ3n) is 1.35. The zero-order valence-electron chi connectivity index (χ0n) is 4.94. The van der Waals surface area contributed by atoms with E-state index in [2.05, 4.69) is 4.74 Å². The molecule has 1 saturated heterocycles. The number of aliphatic hydroxyl groups excluding tert-OH is 2. The maximum atomic E-state index is 10.4. The molecule has 1 fully saturated rings. The van der Waals surface area contributed by atoms with Crippen LogP contribution in [0.25, 0.3) is 0 Å². The first-order valence-corrected chi connectivity index (χ1v) is 2.69. The predicted molar refractivity (Wildman–Crippen MR) is 27.6 cm³/mol. The lowest BCUT2D eigenvalue weighted by Crippen LogP contribution is -2.29. The second-order valence-corrected chi connectivity index (χ2v) is 2.08. The van der Waals surface area contributed by atoms with Gasteiger partial charge in [-0.1, -0.05) is 0 Å². The van der Waals surface area contributed by atoms with Crippen molar-refractivity contribution < 1.29 is 19.7 Å². The molecular weight excluding hydrogens is 124 g/mol. The molecule has 0 aromatic heterocycles. The van der Waals surface area contributed by atoms with E-state index in [1.807, 2.05) is 0 Å². The summed E-state index contributed by atoms with van der Waals surface area (Å²) in [6.45, 7) is 1.53. The SMILES string of the molecule is C[C@@H]1OC(=O)C(O)C1O. The molecule has 1 rings (SSSR count). The smallest absolute Gasteiger partial charge is 0.338 e. The van der Waals surface area contributed by atoms with Crippen molar-refractivity contribution in [2.45, 2.75) is 25.2 Å². The van der Waals surface area contributed by atoms with Gasteiger partial charge in [-0.2, -0.15) is 0 Å². The average Bonchev–Trinajstić information content (AvgIpc) is 1.98. The van der Waals surface area contributed by atoms with E-state index in [-0.39, 0.29) is 0 Å². The monoisotopic (exact) mass is 132 g/mol. The van der Waals surface area contributed by atoms with Gasteiger partial charge in [-0.05, 0) is 6.92 Å². The summed E-state index contributed by atoms with van der Waals surface area (Å²) < 4.78 is 4.45. The van der Waals surface area contributed by atoms with E-state index in [0.29, 0.717) is 0 Å². The molecule has 0 aromatic carbocycles. The van der Waals surface area contributed by atoms with Gasteiger partial charge < -0.3 is 14.9 Å². The highest BCUT2D eigenvalue weighted by atomic mass is 16.6. The number of hydrogen-bond acceptors (Lipinski definition) is 4. The van der Waals surface area contributed by atoms with Crippen LogP contribution in [0.4, 0.5) is 0 Å². The predicted octanol–water partition coefficient (Wildman–Crippen LogP) is -1.35. The van der Waals surface area contributed by atoms with Gasteiger partial charge in [0.25, 0.3) is 0 Å². The Labute approximate surface area is 52.1 Å². The largest absolute Gasteiger partial charge is 0.458 e. The number of ether oxygens (including phenoxy) is 1. The van der Waals surface area contributed by atoms with Crippen molar-refractivity contribution >= 4 is 5.97 Å². The molecule has 2 N–H and O–H groups in total. The molecule has 1 aliphatic heterocycles. The van der Waals surface area contributed by atoms with Crippen LogP contribution in [0.5, 0.6) is 0 Å². The van der Waals surface area contributed by atoms with Gasteiger partial charge in [0.05, 0.1) is 0 Å². The molecule has 2 unspecified atom stereocenters. The van der Waals surface area contributed by atoms with Crippen molar-refractivity contribution in [3.63, 3.8) is 0 Å². The lowest BCUT2D eigenvalue weighted by molar-refractivity contribution is -0.146. The molecule has 0 bridgehead atoms. The van der Waals surface area contributed by atoms with Crippen LogP contribution in [0, 0.1) is 0 Å². The first kappa shape index (κ1) is 6.51. The maximum Gasteiger partial charge on any atom is 0.338 e. The third-order valence-corrected chi connectivity index (χ3v) is 1.35. The van der Waals surface area contributed by atoms with Crippen molar-refractivity contribution in [3.8, 4) is 0 Å². The first-order valence-electron chi connectivity index (χ1n) is 2.69. The lowest BCUT2D eigenvalue weighted by Gasteiger charge is -2.04. The number of carbonyl (C=O) groups is 1. The number of hydrogen-bond donors (Lipinski definition) is 2. The van der Waals surface area contributed by atoms with Gasteiger partial charge in [0.15, 0.2) is 6.10 Å². The van der Waals surface area contributed by atoms with Crippen LogP contribution in [0.2, 0.25) is 0 Å². The van der Waals surface area contributed by atoms with Crippen molar-refractivity contribution in [2.75, 3.05) is 0 Å². The minimum atomic E-state index is -1.35. The Balaban J connectivity index is 2.65. The number of rotatable bonds is 0. The summed E-state index contributed by atoms with van der Waals surface area (Å²) in [4.78, 5) is 10.4. The van der Waals surface area contributed by atoms with Crippen molar-refractivity contribution in [3.05, 3.63) is 0 Å². The molecule has 0 aliphatic carbocycles. The van der Waals surface area contributed by atoms with Gasteiger partial charge >= 0.3 is 5.97 Å². The fourth-order valence-electron chi connectivity index (χ4n) is 0.719. The van der Waals surface area contributed by atoms with E-state index in [0.717, 1.165) is 0 Å². The molecule has 52 valence electrons. The second kappa shape index (κ2) is 1.97. The van der Waals surface area contributed by atoms with Crippen molar-refractivity contribution in [1.82, 2.24) is 0 Å². The third kappa shape index (κ3) is 0.906. The topological polar surface area (TPSA) is 66.8 Å². The normalized spacial score (nSPS) is 43.0. The summed E-state index contributed by atoms with van der Waals surface area (Å²) in [5.41, 5.74) is 0. The Morgan fingerprint density at radius 2 is 2.11 bits per heavy atom. The second-order valence-electron chi connectivity index (χ2n) is 2.08. The van der Waals surface area contributed by atoms with Crippen LogP contribution in [0.1, 0.15) is 6.92 Å². The number of aliphatic hydroxyl groups is 2. The van der Waals surface area contributed by atoms with Crippen molar-refractivity contribution in [2.24, 2.45) is 0 Å². The number of carbonyl (C=O) groups excluding carboxylic acids is 1. The summed E-state index contributed by atoms with van der Waals surface area (Å²) in [6, 6.07) is 0. The van der Waals surface area contributed by atoms with Crippen molar-refractivity contribution in [1.29, 1.82) is 0 Å². The molecule has 4 heteroatoms. The van der Waals surface area contributed by atoms with E-state index in [4.69, 9.17) is 10.2 Å². The van der Waals surface area contributed by atoms with E-state index in [1.165, 1.54) is 6.92 Å². The highest BCUT2D eigenvalue weighted by Crippen LogP contribution is 2.14. The molecule has 4 nitrogen and oxygen atoms in total. The van der Waals surface area contributed by atoms with Crippen LogP contribution in [0.3, 0.4) is 0 Å². The zero-order valence-corrected chi connectivity index (χ0v) is 4.94. The summed E-state index contributed by atoms with van der Waals surface area (Å²) in [5.74, 6) is -0.741. The molecule has 9 heavy (non-hydrogen) atoms. The highest BCUT2D eigenvalue weighted by molar-refractivity contribution is 5.77. The maximum absolute atomic E-state index is 10.4. The Morgan fingerprint density at radius 3 is 2.22 bits per heavy atom. The van der Waals surface area contributed by atoms with Gasteiger partial charge in [0.2, 0.25) is 0 Å². The van der Waals surface area contributed by atoms with Crippen LogP contribution < -0.4 is 0 Å². The van der Waals surface area contributed by atoms with Gasteiger partial charge in [0.1, 0.15) is 12.2 Å². The first-order chi connectivity index (χ1) is 4.13. The average molecular weight is 132 g/mol. The summed E-state index contributed by atoms with van der Waals surface area (Å²) in [5, 5.41) is 17.6. The van der Waals surface area contributed by atoms with Crippen LogP contribution >= 0.6 is 0 Å². The van der Waals surface area contributed by atoms with Gasteiger partial charge in [-0.3, -0.25) is 0 Å². The Morgan fingerprint density at radius 1 is 1.56 bits per heavy atom. The molecule has 0 aromatic rings. The van der Waals surface area contributed by atoms with E-state index in [9.17, 15) is 4.79 Å². The van der Waals surface area contributed by atoms with E-state index >= 15 is 0 Å². The fourth-order valence-corrected chi connectivity index (χ4v) is 0.719. The molecule has 0 saturated carbocycles. The van der Waals surface area contributed by atoms with Crippen LogP contribution in [-0.2, 0) is 9.53 Å². The Kier molecular flexibility index (Phi) is 1.42. The summed E-state index contributed by atoms with van der Waals surface area (Å²) >= 11 is 0. The standard InChI is InChI=1S/C5H8O4/c1-2-3(6)4(7)5(8)9-2/h2-4,6-7H,1H3/t2-,3?,4?/m0/s1. The Bertz CT molecular complexity index is 133. The van der Waals surface area contributed by atoms with Gasteiger partial charge in [-0.25, -0.2) is 4.79 Å². The van der Waals surface area contributed by atoms with E-state index in [1.54, 1.807) is 0 Å². The minimum absolute atomic E-state index is 0.576. The lowest BCUT2D eigenvalue weighted by atomic mass is 10.2. The highest BCUT2D eigenvalue weighted by Gasteiger charge is 2.39. The number of cyclic esters (lactones) is 1. The quantitative estimate of drug-likeness (QED) is 0.400. The van der Waals surface area contributed by atoms with E-state index < -0.39 is 24.3 Å². The fraction of sp³-hybridized carbons (Fsp3) is 0.800. The molecule has 1 heterocycles. The van der Waals surface area contributed by atoms with Crippen LogP contribution in [0.15, 0.2) is 0 Å². The Hall–Kier alpha value is -0.610. The van der Waals surface area contributed by atoms with Gasteiger partial charge in [0, 0.05) is 0 Å². The molecule has 1 aliphatic rings. The zero-order chi connectivity index (χ0) is 7.02. The molecular formula is C5H8O4. The molecule has 0 spiro atoms.